The maximum atomic E-state index is 8.19. The van der Waals surface area contributed by atoms with Crippen molar-refractivity contribution < 1.29 is 14.9 Å². The summed E-state index contributed by atoms with van der Waals surface area (Å²) in [7, 11) is 0. The molecule has 4 heteroatoms. The summed E-state index contributed by atoms with van der Waals surface area (Å²) in [6.07, 6.45) is 2.56. The maximum Gasteiger partial charge on any atom is 0.0521 e. The van der Waals surface area contributed by atoms with Crippen LogP contribution in [0.1, 0.15) is 12.8 Å². The van der Waals surface area contributed by atoms with Gasteiger partial charge < -0.3 is 14.9 Å². The molecule has 0 amide bonds. The third-order valence-corrected chi connectivity index (χ3v) is 2.24. The Bertz CT molecular complexity index is 65.1. The topological polar surface area (TPSA) is 49.7 Å². The Balaban J connectivity index is 0.000000211. The van der Waals surface area contributed by atoms with Gasteiger partial charge in [-0.05, 0) is 12.8 Å². The molecule has 0 aromatic rings. The molecule has 0 spiro atoms. The molecule has 2 N–H and O–H groups in total. The van der Waals surface area contributed by atoms with Crippen LogP contribution in [0.4, 0.5) is 0 Å². The standard InChI is InChI=1S/C4H10O2S.C4H8O/c5-1-3-7-4-2-6;1-2-4-5-3-1/h5-6H,1-4H2;1-4H2. The van der Waals surface area contributed by atoms with Crippen molar-refractivity contribution >= 4 is 11.8 Å². The minimum absolute atomic E-state index is 0.213. The molecule has 1 aliphatic rings. The molecule has 0 unspecified atom stereocenters. The number of aliphatic hydroxyl groups excluding tert-OH is 2. The zero-order valence-electron chi connectivity index (χ0n) is 7.37. The summed E-state index contributed by atoms with van der Waals surface area (Å²) in [5.41, 5.74) is 0. The highest BCUT2D eigenvalue weighted by Gasteiger charge is 1.94. The summed E-state index contributed by atoms with van der Waals surface area (Å²) in [6, 6.07) is 0. The van der Waals surface area contributed by atoms with Crippen molar-refractivity contribution in [2.45, 2.75) is 12.8 Å². The van der Waals surface area contributed by atoms with Crippen LogP contribution >= 0.6 is 11.8 Å². The van der Waals surface area contributed by atoms with E-state index in [1.807, 2.05) is 0 Å². The smallest absolute Gasteiger partial charge is 0.0521 e. The highest BCUT2D eigenvalue weighted by Crippen LogP contribution is 1.98. The van der Waals surface area contributed by atoms with Crippen LogP contribution in [-0.2, 0) is 4.74 Å². The SMILES string of the molecule is C1CCOC1.OCCSCCO. The van der Waals surface area contributed by atoms with Crippen LogP contribution in [0.15, 0.2) is 0 Å². The summed E-state index contributed by atoms with van der Waals surface area (Å²) in [5.74, 6) is 1.47. The van der Waals surface area contributed by atoms with Gasteiger partial charge in [-0.2, -0.15) is 11.8 Å². The number of aliphatic hydroxyl groups is 2. The van der Waals surface area contributed by atoms with Crippen molar-refractivity contribution in [1.82, 2.24) is 0 Å². The first-order valence-corrected chi connectivity index (χ1v) is 5.44. The normalized spacial score (nSPS) is 15.5. The molecule has 0 saturated carbocycles. The molecule has 0 aromatic heterocycles. The van der Waals surface area contributed by atoms with Crippen LogP contribution in [0.25, 0.3) is 0 Å². The van der Waals surface area contributed by atoms with Gasteiger partial charge in [0.15, 0.2) is 0 Å². The minimum Gasteiger partial charge on any atom is -0.396 e. The van der Waals surface area contributed by atoms with E-state index in [0.29, 0.717) is 0 Å². The van der Waals surface area contributed by atoms with Crippen molar-refractivity contribution in [2.24, 2.45) is 0 Å². The van der Waals surface area contributed by atoms with E-state index in [-0.39, 0.29) is 13.2 Å². The lowest BCUT2D eigenvalue weighted by atomic mass is 10.4. The average molecular weight is 194 g/mol. The predicted molar refractivity (Wildman–Crippen MR) is 51.5 cm³/mol. The molecular formula is C8H18O3S. The molecule has 74 valence electrons. The summed E-state index contributed by atoms with van der Waals surface area (Å²) in [6.45, 7) is 2.43. The fourth-order valence-electron chi connectivity index (χ4n) is 0.741. The number of rotatable bonds is 4. The Morgan fingerprint density at radius 3 is 1.75 bits per heavy atom. The van der Waals surface area contributed by atoms with Gasteiger partial charge in [-0.1, -0.05) is 0 Å². The second-order valence-corrected chi connectivity index (χ2v) is 3.60. The first-order valence-electron chi connectivity index (χ1n) is 4.29. The first kappa shape index (κ1) is 12.2. The van der Waals surface area contributed by atoms with E-state index in [4.69, 9.17) is 14.9 Å². The third-order valence-electron chi connectivity index (χ3n) is 1.30. The van der Waals surface area contributed by atoms with Crippen LogP contribution < -0.4 is 0 Å². The average Bonchev–Trinajstić information content (AvgIpc) is 2.62. The summed E-state index contributed by atoms with van der Waals surface area (Å²) < 4.78 is 4.94. The molecular weight excluding hydrogens is 176 g/mol. The number of ether oxygens (including phenoxy) is 1. The van der Waals surface area contributed by atoms with E-state index >= 15 is 0 Å². The van der Waals surface area contributed by atoms with Crippen molar-refractivity contribution in [3.63, 3.8) is 0 Å². The Hall–Kier alpha value is 0.230. The van der Waals surface area contributed by atoms with E-state index in [2.05, 4.69) is 0 Å². The predicted octanol–water partition coefficient (Wildman–Crippen LogP) is 0.501. The van der Waals surface area contributed by atoms with Gasteiger partial charge in [0.1, 0.15) is 0 Å². The van der Waals surface area contributed by atoms with Gasteiger partial charge >= 0.3 is 0 Å². The zero-order chi connectivity index (χ0) is 9.07. The lowest BCUT2D eigenvalue weighted by molar-refractivity contribution is 0.198. The summed E-state index contributed by atoms with van der Waals surface area (Å²) >= 11 is 1.55. The van der Waals surface area contributed by atoms with Crippen LogP contribution in [0.3, 0.4) is 0 Å². The van der Waals surface area contributed by atoms with Gasteiger partial charge in [-0.3, -0.25) is 0 Å². The lowest BCUT2D eigenvalue weighted by Crippen LogP contribution is -1.91. The molecule has 1 rings (SSSR count). The zero-order valence-corrected chi connectivity index (χ0v) is 8.18. The van der Waals surface area contributed by atoms with Crippen molar-refractivity contribution in [2.75, 3.05) is 37.9 Å². The lowest BCUT2D eigenvalue weighted by Gasteiger charge is -1.90. The van der Waals surface area contributed by atoms with Gasteiger partial charge in [0.05, 0.1) is 13.2 Å². The van der Waals surface area contributed by atoms with Gasteiger partial charge in [0, 0.05) is 24.7 Å². The molecule has 0 radical (unpaired) electrons. The molecule has 1 saturated heterocycles. The maximum absolute atomic E-state index is 8.19. The van der Waals surface area contributed by atoms with Gasteiger partial charge in [-0.15, -0.1) is 0 Å². The second kappa shape index (κ2) is 11.2. The first-order chi connectivity index (χ1) is 5.91. The van der Waals surface area contributed by atoms with Gasteiger partial charge in [0.2, 0.25) is 0 Å². The van der Waals surface area contributed by atoms with Crippen molar-refractivity contribution in [3.8, 4) is 0 Å². The number of thioether (sulfide) groups is 1. The largest absolute Gasteiger partial charge is 0.396 e. The fraction of sp³-hybridized carbons (Fsp3) is 1.00. The van der Waals surface area contributed by atoms with E-state index in [0.717, 1.165) is 24.7 Å². The molecule has 0 aromatic carbocycles. The fourth-order valence-corrected chi connectivity index (χ4v) is 1.20. The molecule has 1 aliphatic heterocycles. The van der Waals surface area contributed by atoms with Crippen LogP contribution in [0, 0.1) is 0 Å². The molecule has 0 bridgehead atoms. The Labute approximate surface area is 78.1 Å². The highest BCUT2D eigenvalue weighted by molar-refractivity contribution is 7.99. The highest BCUT2D eigenvalue weighted by atomic mass is 32.2. The van der Waals surface area contributed by atoms with E-state index in [1.165, 1.54) is 12.8 Å². The van der Waals surface area contributed by atoms with E-state index in [9.17, 15) is 0 Å². The second-order valence-electron chi connectivity index (χ2n) is 2.38. The van der Waals surface area contributed by atoms with Crippen LogP contribution in [0.5, 0.6) is 0 Å². The van der Waals surface area contributed by atoms with Crippen molar-refractivity contribution in [1.29, 1.82) is 0 Å². The molecule has 1 fully saturated rings. The number of hydrogen-bond donors (Lipinski definition) is 2. The van der Waals surface area contributed by atoms with Crippen molar-refractivity contribution in [3.05, 3.63) is 0 Å². The van der Waals surface area contributed by atoms with Crippen LogP contribution in [0.2, 0.25) is 0 Å². The van der Waals surface area contributed by atoms with Gasteiger partial charge in [0.25, 0.3) is 0 Å². The Kier molecular flexibility index (Phi) is 11.4. The summed E-state index contributed by atoms with van der Waals surface area (Å²) in [5, 5.41) is 16.4. The summed E-state index contributed by atoms with van der Waals surface area (Å²) in [4.78, 5) is 0. The monoisotopic (exact) mass is 194 g/mol. The molecule has 1 heterocycles. The Morgan fingerprint density at radius 1 is 1.00 bits per heavy atom. The minimum atomic E-state index is 0.213. The quantitative estimate of drug-likeness (QED) is 0.640. The molecule has 0 atom stereocenters. The Morgan fingerprint density at radius 2 is 1.50 bits per heavy atom. The van der Waals surface area contributed by atoms with E-state index in [1.54, 1.807) is 11.8 Å². The van der Waals surface area contributed by atoms with Crippen LogP contribution in [-0.4, -0.2) is 48.1 Å². The molecule has 0 aliphatic carbocycles. The third kappa shape index (κ3) is 10.2. The van der Waals surface area contributed by atoms with E-state index < -0.39 is 0 Å². The number of hydrogen-bond acceptors (Lipinski definition) is 4. The molecule has 3 nitrogen and oxygen atoms in total. The van der Waals surface area contributed by atoms with Gasteiger partial charge in [-0.25, -0.2) is 0 Å². The molecule has 12 heavy (non-hydrogen) atoms.